The van der Waals surface area contributed by atoms with E-state index in [0.29, 0.717) is 30.2 Å². The van der Waals surface area contributed by atoms with Gasteiger partial charge in [0.2, 0.25) is 0 Å². The van der Waals surface area contributed by atoms with Crippen LogP contribution in [-0.2, 0) is 10.0 Å². The van der Waals surface area contributed by atoms with Gasteiger partial charge in [-0.25, -0.2) is 13.4 Å². The number of nitrogens with one attached hydrogen (secondary N) is 2. The number of aromatic nitrogens is 2. The lowest BCUT2D eigenvalue weighted by Crippen LogP contribution is -2.31. The van der Waals surface area contributed by atoms with E-state index in [1.807, 2.05) is 31.2 Å². The molecule has 0 spiro atoms. The van der Waals surface area contributed by atoms with Gasteiger partial charge in [-0.3, -0.25) is 9.52 Å². The van der Waals surface area contributed by atoms with Gasteiger partial charge in [0.05, 0.1) is 28.6 Å². The van der Waals surface area contributed by atoms with Crippen LogP contribution in [0, 0.1) is 0 Å². The lowest BCUT2D eigenvalue weighted by Gasteiger charge is -2.23. The number of benzene rings is 3. The van der Waals surface area contributed by atoms with Gasteiger partial charge in [-0.15, -0.1) is 0 Å². The molecule has 1 amide bonds. The number of carbonyl (C=O) groups is 1. The number of amides is 1. The Morgan fingerprint density at radius 1 is 1.11 bits per heavy atom. The Morgan fingerprint density at radius 3 is 2.69 bits per heavy atom. The highest BCUT2D eigenvalue weighted by Crippen LogP contribution is 2.33. The number of H-pyrrole nitrogens is 1. The van der Waals surface area contributed by atoms with Crippen molar-refractivity contribution < 1.29 is 17.9 Å². The molecule has 2 heterocycles. The summed E-state index contributed by atoms with van der Waals surface area (Å²) in [6.07, 6.45) is 1.65. The van der Waals surface area contributed by atoms with Gasteiger partial charge in [0.25, 0.3) is 15.9 Å². The molecule has 1 fully saturated rings. The number of ether oxygens (including phenoxy) is 1. The predicted molar refractivity (Wildman–Crippen MR) is 134 cm³/mol. The molecule has 8 nitrogen and oxygen atoms in total. The first-order valence-electron chi connectivity index (χ1n) is 11.6. The van der Waals surface area contributed by atoms with Crippen molar-refractivity contribution in [3.05, 3.63) is 84.2 Å². The number of likely N-dealkylation sites (tertiary alicyclic amines) is 1. The number of fused-ring (bicyclic) bond motifs is 1. The lowest BCUT2D eigenvalue weighted by molar-refractivity contribution is 0.0730. The van der Waals surface area contributed by atoms with Crippen molar-refractivity contribution in [2.24, 2.45) is 0 Å². The normalized spacial score (nSPS) is 15.9. The maximum absolute atomic E-state index is 13.4. The Balaban J connectivity index is 1.36. The summed E-state index contributed by atoms with van der Waals surface area (Å²) in [5.74, 6) is 1.19. The Kier molecular flexibility index (Phi) is 6.17. The van der Waals surface area contributed by atoms with Crippen LogP contribution in [0.2, 0.25) is 0 Å². The lowest BCUT2D eigenvalue weighted by atomic mass is 10.1. The van der Waals surface area contributed by atoms with Gasteiger partial charge in [0, 0.05) is 17.8 Å². The van der Waals surface area contributed by atoms with E-state index in [1.54, 1.807) is 41.3 Å². The van der Waals surface area contributed by atoms with E-state index in [0.717, 1.165) is 29.7 Å². The molecule has 3 aromatic carbocycles. The molecule has 0 aliphatic carbocycles. The molecule has 1 aromatic heterocycles. The first kappa shape index (κ1) is 22.9. The summed E-state index contributed by atoms with van der Waals surface area (Å²) >= 11 is 0. The van der Waals surface area contributed by atoms with Crippen LogP contribution in [0.5, 0.6) is 5.75 Å². The van der Waals surface area contributed by atoms with Crippen molar-refractivity contribution in [1.82, 2.24) is 14.9 Å². The zero-order valence-electron chi connectivity index (χ0n) is 19.3. The molecule has 1 unspecified atom stereocenters. The fourth-order valence-electron chi connectivity index (χ4n) is 4.39. The molecule has 4 aromatic rings. The average molecular weight is 491 g/mol. The predicted octanol–water partition coefficient (Wildman–Crippen LogP) is 4.74. The fourth-order valence-corrected chi connectivity index (χ4v) is 5.49. The van der Waals surface area contributed by atoms with Crippen LogP contribution in [0.25, 0.3) is 11.0 Å². The molecular formula is C26H26N4O4S. The van der Waals surface area contributed by atoms with Crippen molar-refractivity contribution in [3.63, 3.8) is 0 Å². The molecule has 5 rings (SSSR count). The van der Waals surface area contributed by atoms with Gasteiger partial charge >= 0.3 is 0 Å². The summed E-state index contributed by atoms with van der Waals surface area (Å²) < 4.78 is 34.0. The molecule has 180 valence electrons. The number of rotatable bonds is 7. The third-order valence-corrected chi connectivity index (χ3v) is 7.42. The average Bonchev–Trinajstić information content (AvgIpc) is 3.52. The largest absolute Gasteiger partial charge is 0.494 e. The van der Waals surface area contributed by atoms with Crippen LogP contribution >= 0.6 is 0 Å². The number of imidazole rings is 1. The highest BCUT2D eigenvalue weighted by molar-refractivity contribution is 7.92. The molecular weight excluding hydrogens is 464 g/mol. The van der Waals surface area contributed by atoms with Crippen molar-refractivity contribution in [2.45, 2.75) is 30.7 Å². The summed E-state index contributed by atoms with van der Waals surface area (Å²) in [4.78, 5) is 23.2. The minimum Gasteiger partial charge on any atom is -0.494 e. The molecule has 1 aliphatic rings. The minimum absolute atomic E-state index is 0.0247. The van der Waals surface area contributed by atoms with Crippen LogP contribution in [0.4, 0.5) is 5.69 Å². The Morgan fingerprint density at radius 2 is 1.91 bits per heavy atom. The second kappa shape index (κ2) is 9.42. The topological polar surface area (TPSA) is 104 Å². The molecule has 2 N–H and O–H groups in total. The molecule has 9 heteroatoms. The summed E-state index contributed by atoms with van der Waals surface area (Å²) in [6, 6.07) is 20.4. The van der Waals surface area contributed by atoms with Crippen molar-refractivity contribution in [3.8, 4) is 5.75 Å². The second-order valence-electron chi connectivity index (χ2n) is 8.39. The van der Waals surface area contributed by atoms with Gasteiger partial charge in [0.1, 0.15) is 11.6 Å². The van der Waals surface area contributed by atoms with Crippen LogP contribution in [0.15, 0.2) is 77.7 Å². The Hall–Kier alpha value is -3.85. The van der Waals surface area contributed by atoms with E-state index in [-0.39, 0.29) is 16.8 Å². The van der Waals surface area contributed by atoms with Crippen LogP contribution < -0.4 is 9.46 Å². The number of carbonyl (C=O) groups excluding carboxylic acids is 1. The summed E-state index contributed by atoms with van der Waals surface area (Å²) in [6.45, 7) is 2.99. The van der Waals surface area contributed by atoms with Crippen molar-refractivity contribution >= 4 is 32.7 Å². The summed E-state index contributed by atoms with van der Waals surface area (Å²) in [5.41, 5.74) is 2.52. The standard InChI is InChI=1S/C26H26N4O4S/c1-2-34-20-14-12-19(13-15-20)29-35(32,33)21-8-5-7-18(17-21)26(31)30-16-6-11-24(30)25-27-22-9-3-4-10-23(22)28-25/h3-5,7-10,12-15,17,24,29H,2,6,11,16H2,1H3,(H,27,28). The highest BCUT2D eigenvalue weighted by atomic mass is 32.2. The Labute approximate surface area is 204 Å². The molecule has 0 bridgehead atoms. The molecule has 1 aliphatic heterocycles. The van der Waals surface area contributed by atoms with Gasteiger partial charge in [-0.05, 0) is 74.4 Å². The number of aromatic amines is 1. The first-order valence-corrected chi connectivity index (χ1v) is 13.0. The third-order valence-electron chi connectivity index (χ3n) is 6.05. The van der Waals surface area contributed by atoms with Crippen molar-refractivity contribution in [1.29, 1.82) is 0 Å². The number of para-hydroxylation sites is 2. The zero-order chi connectivity index (χ0) is 24.4. The monoisotopic (exact) mass is 490 g/mol. The third kappa shape index (κ3) is 4.72. The van der Waals surface area contributed by atoms with E-state index in [1.165, 1.54) is 12.1 Å². The first-order chi connectivity index (χ1) is 16.9. The van der Waals surface area contributed by atoms with Crippen LogP contribution in [0.3, 0.4) is 0 Å². The number of sulfonamides is 1. The van der Waals surface area contributed by atoms with Gasteiger partial charge < -0.3 is 14.6 Å². The molecule has 0 saturated carbocycles. The zero-order valence-corrected chi connectivity index (χ0v) is 20.1. The van der Waals surface area contributed by atoms with Crippen LogP contribution in [-0.4, -0.2) is 42.3 Å². The number of hydrogen-bond acceptors (Lipinski definition) is 5. The molecule has 0 radical (unpaired) electrons. The quantitative estimate of drug-likeness (QED) is 0.389. The summed E-state index contributed by atoms with van der Waals surface area (Å²) in [5, 5.41) is 0. The second-order valence-corrected chi connectivity index (χ2v) is 10.1. The van der Waals surface area contributed by atoms with E-state index in [2.05, 4.69) is 14.7 Å². The fraction of sp³-hybridized carbons (Fsp3) is 0.231. The maximum Gasteiger partial charge on any atom is 0.261 e. The number of nitrogens with zero attached hydrogens (tertiary/aromatic N) is 2. The van der Waals surface area contributed by atoms with E-state index in [9.17, 15) is 13.2 Å². The van der Waals surface area contributed by atoms with E-state index >= 15 is 0 Å². The number of hydrogen-bond donors (Lipinski definition) is 2. The van der Waals surface area contributed by atoms with E-state index < -0.39 is 10.0 Å². The van der Waals surface area contributed by atoms with Gasteiger partial charge in [0.15, 0.2) is 0 Å². The Bertz CT molecular complexity index is 1430. The van der Waals surface area contributed by atoms with E-state index in [4.69, 9.17) is 4.74 Å². The van der Waals surface area contributed by atoms with Crippen LogP contribution in [0.1, 0.15) is 42.0 Å². The molecule has 1 saturated heterocycles. The van der Waals surface area contributed by atoms with Gasteiger partial charge in [-0.1, -0.05) is 18.2 Å². The number of anilines is 1. The molecule has 1 atom stereocenters. The minimum atomic E-state index is -3.88. The summed E-state index contributed by atoms with van der Waals surface area (Å²) in [7, 11) is -3.88. The maximum atomic E-state index is 13.4. The van der Waals surface area contributed by atoms with Crippen molar-refractivity contribution in [2.75, 3.05) is 17.9 Å². The smallest absolute Gasteiger partial charge is 0.261 e. The molecule has 35 heavy (non-hydrogen) atoms. The van der Waals surface area contributed by atoms with Gasteiger partial charge in [-0.2, -0.15) is 0 Å². The SMILES string of the molecule is CCOc1ccc(NS(=O)(=O)c2cccc(C(=O)N3CCCC3c3nc4ccccc4[nH]3)c2)cc1. The highest BCUT2D eigenvalue weighted by Gasteiger charge is 2.33.